The van der Waals surface area contributed by atoms with Gasteiger partial charge in [-0.3, -0.25) is 0 Å². The lowest BCUT2D eigenvalue weighted by Crippen LogP contribution is -2.17. The smallest absolute Gasteiger partial charge is 0.0614 e. The van der Waals surface area contributed by atoms with Crippen molar-refractivity contribution in [2.75, 3.05) is 11.2 Å². The van der Waals surface area contributed by atoms with E-state index < -0.39 is 0 Å². The minimum absolute atomic E-state index is 0. The molecule has 3 heteroatoms. The molecule has 1 aliphatic heterocycles. The fraction of sp³-hybridized carbons (Fsp3) is 0. The number of nitrogens with one attached hydrogen (secondary N) is 2. The van der Waals surface area contributed by atoms with Crippen LogP contribution in [0.2, 0.25) is 0 Å². The van der Waals surface area contributed by atoms with Crippen LogP contribution in [0.3, 0.4) is 0 Å². The standard InChI is InChI=1S/C8H9N3.H2/c9-7-1-2-8-6(5-7)3-4-10-11-8;/h1-5,10-11H,9H2;1H. The SMILES string of the molecule is Nc1ccc2c(c1)C=CNN2.[HH]. The van der Waals surface area contributed by atoms with Gasteiger partial charge in [0.25, 0.3) is 0 Å². The molecular weight excluding hydrogens is 138 g/mol. The summed E-state index contributed by atoms with van der Waals surface area (Å²) in [5.41, 5.74) is 14.4. The summed E-state index contributed by atoms with van der Waals surface area (Å²) >= 11 is 0. The van der Waals surface area contributed by atoms with E-state index in [1.54, 1.807) is 0 Å². The molecule has 0 atom stereocenters. The average molecular weight is 149 g/mol. The molecule has 0 bridgehead atoms. The van der Waals surface area contributed by atoms with E-state index in [0.717, 1.165) is 16.9 Å². The van der Waals surface area contributed by atoms with Crippen molar-refractivity contribution in [3.8, 4) is 0 Å². The Morgan fingerprint density at radius 3 is 3.18 bits per heavy atom. The van der Waals surface area contributed by atoms with Crippen LogP contribution in [-0.2, 0) is 0 Å². The van der Waals surface area contributed by atoms with Crippen LogP contribution in [0.5, 0.6) is 0 Å². The number of hydrogen-bond donors (Lipinski definition) is 3. The Morgan fingerprint density at radius 2 is 2.27 bits per heavy atom. The van der Waals surface area contributed by atoms with Crippen molar-refractivity contribution in [2.24, 2.45) is 0 Å². The maximum Gasteiger partial charge on any atom is 0.0614 e. The molecule has 1 aliphatic rings. The van der Waals surface area contributed by atoms with Crippen LogP contribution >= 0.6 is 0 Å². The van der Waals surface area contributed by atoms with Crippen molar-refractivity contribution in [1.82, 2.24) is 5.43 Å². The van der Waals surface area contributed by atoms with E-state index in [0.29, 0.717) is 0 Å². The largest absolute Gasteiger partial charge is 0.399 e. The van der Waals surface area contributed by atoms with Gasteiger partial charge in [-0.05, 0) is 24.3 Å². The van der Waals surface area contributed by atoms with Gasteiger partial charge in [0.05, 0.1) is 5.69 Å². The second-order valence-corrected chi connectivity index (χ2v) is 2.45. The van der Waals surface area contributed by atoms with E-state index in [2.05, 4.69) is 10.9 Å². The van der Waals surface area contributed by atoms with Gasteiger partial charge in [-0.25, -0.2) is 0 Å². The summed E-state index contributed by atoms with van der Waals surface area (Å²) in [5, 5.41) is 0. The minimum Gasteiger partial charge on any atom is -0.399 e. The van der Waals surface area contributed by atoms with E-state index in [-0.39, 0.29) is 1.43 Å². The van der Waals surface area contributed by atoms with Gasteiger partial charge in [-0.2, -0.15) is 0 Å². The van der Waals surface area contributed by atoms with Crippen molar-refractivity contribution in [3.05, 3.63) is 30.0 Å². The molecule has 1 aromatic rings. The van der Waals surface area contributed by atoms with Gasteiger partial charge in [0.1, 0.15) is 0 Å². The molecular formula is C8H11N3. The van der Waals surface area contributed by atoms with Gasteiger partial charge in [-0.15, -0.1) is 0 Å². The Bertz CT molecular complexity index is 309. The predicted molar refractivity (Wildman–Crippen MR) is 48.8 cm³/mol. The number of nitrogens with two attached hydrogens (primary N) is 1. The van der Waals surface area contributed by atoms with Crippen molar-refractivity contribution in [3.63, 3.8) is 0 Å². The summed E-state index contributed by atoms with van der Waals surface area (Å²) in [6.45, 7) is 0. The monoisotopic (exact) mass is 149 g/mol. The highest BCUT2D eigenvalue weighted by Gasteiger charge is 2.01. The van der Waals surface area contributed by atoms with Crippen molar-refractivity contribution in [2.45, 2.75) is 0 Å². The molecule has 0 aromatic heterocycles. The lowest BCUT2D eigenvalue weighted by Gasteiger charge is -2.14. The highest BCUT2D eigenvalue weighted by Crippen LogP contribution is 2.21. The third kappa shape index (κ3) is 1.00. The molecule has 0 amide bonds. The summed E-state index contributed by atoms with van der Waals surface area (Å²) in [7, 11) is 0. The molecule has 0 aliphatic carbocycles. The molecule has 0 radical (unpaired) electrons. The predicted octanol–water partition coefficient (Wildman–Crippen LogP) is 1.42. The van der Waals surface area contributed by atoms with Crippen LogP contribution in [0.1, 0.15) is 6.99 Å². The van der Waals surface area contributed by atoms with Crippen LogP contribution in [0.25, 0.3) is 6.08 Å². The van der Waals surface area contributed by atoms with E-state index in [1.807, 2.05) is 30.5 Å². The highest BCUT2D eigenvalue weighted by atomic mass is 15.3. The van der Waals surface area contributed by atoms with Crippen molar-refractivity contribution < 1.29 is 1.43 Å². The Labute approximate surface area is 66.4 Å². The number of hydrogen-bond acceptors (Lipinski definition) is 3. The maximum atomic E-state index is 5.60. The second-order valence-electron chi connectivity index (χ2n) is 2.45. The zero-order chi connectivity index (χ0) is 7.68. The van der Waals surface area contributed by atoms with Gasteiger partial charge < -0.3 is 16.6 Å². The molecule has 11 heavy (non-hydrogen) atoms. The molecule has 0 saturated heterocycles. The number of anilines is 2. The Hall–Kier alpha value is -1.64. The third-order valence-electron chi connectivity index (χ3n) is 1.63. The molecule has 0 unspecified atom stereocenters. The Kier molecular flexibility index (Phi) is 1.22. The molecule has 2 rings (SSSR count). The second kappa shape index (κ2) is 2.20. The van der Waals surface area contributed by atoms with Crippen LogP contribution in [0.4, 0.5) is 11.4 Å². The van der Waals surface area contributed by atoms with Crippen LogP contribution < -0.4 is 16.6 Å². The summed E-state index contributed by atoms with van der Waals surface area (Å²) in [6, 6.07) is 5.74. The topological polar surface area (TPSA) is 50.1 Å². The maximum absolute atomic E-state index is 5.60. The Morgan fingerprint density at radius 1 is 1.36 bits per heavy atom. The Balaban J connectivity index is 0.000000720. The van der Waals surface area contributed by atoms with E-state index >= 15 is 0 Å². The van der Waals surface area contributed by atoms with E-state index in [9.17, 15) is 0 Å². The zero-order valence-electron chi connectivity index (χ0n) is 5.96. The third-order valence-corrected chi connectivity index (χ3v) is 1.63. The first-order chi connectivity index (χ1) is 5.36. The summed E-state index contributed by atoms with van der Waals surface area (Å²) in [5.74, 6) is 0. The number of nitrogen functional groups attached to an aromatic ring is 1. The van der Waals surface area contributed by atoms with Gasteiger partial charge in [0.15, 0.2) is 0 Å². The highest BCUT2D eigenvalue weighted by molar-refractivity contribution is 5.71. The lowest BCUT2D eigenvalue weighted by molar-refractivity contribution is 1.05. The molecule has 0 spiro atoms. The molecule has 1 aromatic carbocycles. The first kappa shape index (κ1) is 6.09. The lowest BCUT2D eigenvalue weighted by atomic mass is 10.1. The van der Waals surface area contributed by atoms with Crippen LogP contribution in [-0.4, -0.2) is 0 Å². The summed E-state index contributed by atoms with van der Waals surface area (Å²) < 4.78 is 0. The van der Waals surface area contributed by atoms with Gasteiger partial charge in [0, 0.05) is 18.9 Å². The van der Waals surface area contributed by atoms with Crippen LogP contribution in [0.15, 0.2) is 24.4 Å². The molecule has 58 valence electrons. The molecule has 3 nitrogen and oxygen atoms in total. The van der Waals surface area contributed by atoms with Crippen molar-refractivity contribution in [1.29, 1.82) is 0 Å². The number of benzene rings is 1. The van der Waals surface area contributed by atoms with E-state index in [4.69, 9.17) is 5.73 Å². The van der Waals surface area contributed by atoms with Gasteiger partial charge in [-0.1, -0.05) is 0 Å². The van der Waals surface area contributed by atoms with Gasteiger partial charge >= 0.3 is 0 Å². The zero-order valence-corrected chi connectivity index (χ0v) is 5.96. The fourth-order valence-electron chi connectivity index (χ4n) is 1.08. The first-order valence-electron chi connectivity index (χ1n) is 3.44. The summed E-state index contributed by atoms with van der Waals surface area (Å²) in [4.78, 5) is 0. The number of rotatable bonds is 0. The summed E-state index contributed by atoms with van der Waals surface area (Å²) in [6.07, 6.45) is 3.81. The molecule has 0 saturated carbocycles. The minimum atomic E-state index is 0. The quantitative estimate of drug-likeness (QED) is 0.489. The van der Waals surface area contributed by atoms with E-state index in [1.165, 1.54) is 0 Å². The number of fused-ring (bicyclic) bond motifs is 1. The van der Waals surface area contributed by atoms with Crippen molar-refractivity contribution >= 4 is 17.5 Å². The molecule has 0 fully saturated rings. The normalized spacial score (nSPS) is 13.1. The molecule has 1 heterocycles. The molecule has 4 N–H and O–H groups in total. The fourth-order valence-corrected chi connectivity index (χ4v) is 1.08. The van der Waals surface area contributed by atoms with Crippen LogP contribution in [0, 0.1) is 0 Å². The number of hydrazine groups is 1. The first-order valence-corrected chi connectivity index (χ1v) is 3.44. The van der Waals surface area contributed by atoms with Gasteiger partial charge in [0.2, 0.25) is 0 Å². The average Bonchev–Trinajstić information content (AvgIpc) is 2.04.